The SMILES string of the molecule is Cn1c(=O)n(C)c2cc(S(=O)(=O)NCCC(=O)[O-])ccc21. The van der Waals surface area contributed by atoms with Gasteiger partial charge < -0.3 is 9.90 Å². The van der Waals surface area contributed by atoms with Gasteiger partial charge in [-0.3, -0.25) is 9.13 Å². The lowest BCUT2D eigenvalue weighted by atomic mass is 10.3. The van der Waals surface area contributed by atoms with Crippen LogP contribution in [0.3, 0.4) is 0 Å². The van der Waals surface area contributed by atoms with Gasteiger partial charge in [0.1, 0.15) is 0 Å². The Hall–Kier alpha value is -2.13. The first-order chi connectivity index (χ1) is 9.74. The Bertz CT molecular complexity index is 863. The maximum atomic E-state index is 12.0. The highest BCUT2D eigenvalue weighted by Crippen LogP contribution is 2.17. The Morgan fingerprint density at radius 1 is 1.24 bits per heavy atom. The molecule has 0 saturated heterocycles. The second-order valence-corrected chi connectivity index (χ2v) is 6.34. The van der Waals surface area contributed by atoms with Crippen molar-refractivity contribution in [3.8, 4) is 0 Å². The third-order valence-electron chi connectivity index (χ3n) is 3.17. The fourth-order valence-electron chi connectivity index (χ4n) is 2.02. The molecule has 0 spiro atoms. The number of fused-ring (bicyclic) bond motifs is 1. The topological polar surface area (TPSA) is 113 Å². The Labute approximate surface area is 120 Å². The molecule has 8 nitrogen and oxygen atoms in total. The molecule has 21 heavy (non-hydrogen) atoms. The molecule has 0 amide bonds. The number of aliphatic carboxylic acids is 1. The van der Waals surface area contributed by atoms with Crippen molar-refractivity contribution >= 4 is 27.0 Å². The Morgan fingerprint density at radius 3 is 2.48 bits per heavy atom. The number of benzene rings is 1. The summed E-state index contributed by atoms with van der Waals surface area (Å²) in [4.78, 5) is 22.0. The number of carbonyl (C=O) groups is 1. The van der Waals surface area contributed by atoms with E-state index in [1.807, 2.05) is 0 Å². The number of carboxylic acids is 1. The maximum Gasteiger partial charge on any atom is 0.328 e. The minimum atomic E-state index is -3.83. The summed E-state index contributed by atoms with van der Waals surface area (Å²) in [6.45, 7) is -0.254. The maximum absolute atomic E-state index is 12.0. The van der Waals surface area contributed by atoms with Gasteiger partial charge in [0.2, 0.25) is 10.0 Å². The first-order valence-corrected chi connectivity index (χ1v) is 7.57. The van der Waals surface area contributed by atoms with Crippen LogP contribution in [-0.4, -0.2) is 30.1 Å². The predicted molar refractivity (Wildman–Crippen MR) is 73.0 cm³/mol. The molecule has 0 aliphatic carbocycles. The molecule has 2 rings (SSSR count). The molecule has 0 aliphatic rings. The fraction of sp³-hybridized carbons (Fsp3) is 0.333. The molecule has 1 aromatic heterocycles. The average molecular weight is 312 g/mol. The largest absolute Gasteiger partial charge is 0.550 e. The van der Waals surface area contributed by atoms with Crippen LogP contribution in [0.1, 0.15) is 6.42 Å². The van der Waals surface area contributed by atoms with Crippen LogP contribution in [0.2, 0.25) is 0 Å². The second-order valence-electron chi connectivity index (χ2n) is 4.57. The molecule has 0 fully saturated rings. The zero-order valence-corrected chi connectivity index (χ0v) is 12.3. The number of nitrogens with zero attached hydrogens (tertiary/aromatic N) is 2. The van der Waals surface area contributed by atoms with Gasteiger partial charge in [0.15, 0.2) is 0 Å². The molecule has 0 atom stereocenters. The molecule has 114 valence electrons. The number of hydrogen-bond donors (Lipinski definition) is 1. The first-order valence-electron chi connectivity index (χ1n) is 6.09. The van der Waals surface area contributed by atoms with E-state index in [0.29, 0.717) is 11.0 Å². The van der Waals surface area contributed by atoms with Crippen LogP contribution in [0.4, 0.5) is 0 Å². The summed E-state index contributed by atoms with van der Waals surface area (Å²) in [7, 11) is -0.693. The van der Waals surface area contributed by atoms with Crippen molar-refractivity contribution in [2.45, 2.75) is 11.3 Å². The van der Waals surface area contributed by atoms with E-state index in [0.717, 1.165) is 0 Å². The summed E-state index contributed by atoms with van der Waals surface area (Å²) in [5, 5.41) is 10.3. The number of carboxylic acid groups (broad SMARTS) is 1. The molecular formula is C12H14N3O5S-. The van der Waals surface area contributed by atoms with Gasteiger partial charge in [-0.05, 0) is 18.2 Å². The highest BCUT2D eigenvalue weighted by molar-refractivity contribution is 7.89. The van der Waals surface area contributed by atoms with E-state index >= 15 is 0 Å². The predicted octanol–water partition coefficient (Wildman–Crippen LogP) is -1.70. The minimum Gasteiger partial charge on any atom is -0.550 e. The van der Waals surface area contributed by atoms with Crippen molar-refractivity contribution < 1.29 is 18.3 Å². The third-order valence-corrected chi connectivity index (χ3v) is 4.63. The van der Waals surface area contributed by atoms with Gasteiger partial charge in [-0.25, -0.2) is 17.9 Å². The van der Waals surface area contributed by atoms with Crippen molar-refractivity contribution in [3.63, 3.8) is 0 Å². The summed E-state index contributed by atoms with van der Waals surface area (Å²) >= 11 is 0. The highest BCUT2D eigenvalue weighted by atomic mass is 32.2. The number of sulfonamides is 1. The van der Waals surface area contributed by atoms with Gasteiger partial charge in [0.25, 0.3) is 0 Å². The number of aryl methyl sites for hydroxylation is 2. The van der Waals surface area contributed by atoms with Crippen molar-refractivity contribution in [3.05, 3.63) is 28.7 Å². The van der Waals surface area contributed by atoms with Crippen LogP contribution >= 0.6 is 0 Å². The first kappa shape index (κ1) is 15.3. The van der Waals surface area contributed by atoms with E-state index in [4.69, 9.17) is 0 Å². The summed E-state index contributed by atoms with van der Waals surface area (Å²) in [5.74, 6) is -1.33. The van der Waals surface area contributed by atoms with Crippen LogP contribution in [0.5, 0.6) is 0 Å². The average Bonchev–Trinajstić information content (AvgIpc) is 2.63. The second kappa shape index (κ2) is 5.34. The molecule has 0 bridgehead atoms. The lowest BCUT2D eigenvalue weighted by molar-refractivity contribution is -0.305. The molecule has 9 heteroatoms. The smallest absolute Gasteiger partial charge is 0.328 e. The van der Waals surface area contributed by atoms with Gasteiger partial charge in [-0.2, -0.15) is 0 Å². The fourth-order valence-corrected chi connectivity index (χ4v) is 3.08. The molecular weight excluding hydrogens is 298 g/mol. The summed E-state index contributed by atoms with van der Waals surface area (Å²) in [6.07, 6.45) is -0.411. The van der Waals surface area contributed by atoms with Crippen LogP contribution in [-0.2, 0) is 28.9 Å². The molecule has 0 radical (unpaired) electrons. The molecule has 1 N–H and O–H groups in total. The summed E-state index contributed by atoms with van der Waals surface area (Å²) in [5.41, 5.74) is 0.825. The number of aromatic nitrogens is 2. The van der Waals surface area contributed by atoms with Crippen molar-refractivity contribution in [1.29, 1.82) is 0 Å². The van der Waals surface area contributed by atoms with E-state index in [9.17, 15) is 23.1 Å². The molecule has 0 aliphatic heterocycles. The summed E-state index contributed by atoms with van der Waals surface area (Å²) < 4.78 is 29.0. The number of rotatable bonds is 5. The Kier molecular flexibility index (Phi) is 3.88. The van der Waals surface area contributed by atoms with Crippen molar-refractivity contribution in [2.24, 2.45) is 14.1 Å². The number of hydrogen-bond acceptors (Lipinski definition) is 5. The number of carbonyl (C=O) groups excluding carboxylic acids is 1. The van der Waals surface area contributed by atoms with Gasteiger partial charge in [-0.15, -0.1) is 0 Å². The van der Waals surface area contributed by atoms with Crippen molar-refractivity contribution in [2.75, 3.05) is 6.54 Å². The van der Waals surface area contributed by atoms with Crippen LogP contribution < -0.4 is 15.5 Å². The minimum absolute atomic E-state index is 0.0328. The quantitative estimate of drug-likeness (QED) is 0.706. The van der Waals surface area contributed by atoms with E-state index in [1.54, 1.807) is 14.1 Å². The number of nitrogens with one attached hydrogen (secondary N) is 1. The molecule has 1 heterocycles. The third kappa shape index (κ3) is 2.83. The molecule has 0 unspecified atom stereocenters. The van der Waals surface area contributed by atoms with Gasteiger partial charge in [-0.1, -0.05) is 0 Å². The molecule has 0 saturated carbocycles. The van der Waals surface area contributed by atoms with Crippen molar-refractivity contribution in [1.82, 2.24) is 13.9 Å². The lowest BCUT2D eigenvalue weighted by Crippen LogP contribution is -2.31. The zero-order valence-electron chi connectivity index (χ0n) is 11.5. The monoisotopic (exact) mass is 312 g/mol. The van der Waals surface area contributed by atoms with Crippen LogP contribution in [0.15, 0.2) is 27.9 Å². The molecule has 2 aromatic rings. The van der Waals surface area contributed by atoms with Gasteiger partial charge >= 0.3 is 5.69 Å². The van der Waals surface area contributed by atoms with Gasteiger partial charge in [0.05, 0.1) is 15.9 Å². The van der Waals surface area contributed by atoms with Crippen LogP contribution in [0.25, 0.3) is 11.0 Å². The van der Waals surface area contributed by atoms with E-state index < -0.39 is 22.4 Å². The standard InChI is InChI=1S/C12H15N3O5S/c1-14-9-4-3-8(7-10(9)15(2)12(14)18)21(19,20)13-6-5-11(16)17/h3-4,7,13H,5-6H2,1-2H3,(H,16,17)/p-1. The van der Waals surface area contributed by atoms with E-state index in [1.165, 1.54) is 27.3 Å². The summed E-state index contributed by atoms with van der Waals surface area (Å²) in [6, 6.07) is 4.27. The Morgan fingerprint density at radius 2 is 1.86 bits per heavy atom. The number of imidazole rings is 1. The zero-order chi connectivity index (χ0) is 15.8. The lowest BCUT2D eigenvalue weighted by Gasteiger charge is -2.07. The van der Waals surface area contributed by atoms with Crippen LogP contribution in [0, 0.1) is 0 Å². The van der Waals surface area contributed by atoms with E-state index in [2.05, 4.69) is 4.72 Å². The van der Waals surface area contributed by atoms with Gasteiger partial charge in [0, 0.05) is 33.0 Å². The molecule has 1 aromatic carbocycles. The van der Waals surface area contributed by atoms with E-state index in [-0.39, 0.29) is 17.1 Å². The Balaban J connectivity index is 2.41. The highest BCUT2D eigenvalue weighted by Gasteiger charge is 2.16. The normalized spacial score (nSPS) is 11.9.